The SMILES string of the molecule is CN=C(NCC1CCOCC1)N1CCSC2(CCCCC2)C1.I. The summed E-state index contributed by atoms with van der Waals surface area (Å²) in [5.41, 5.74) is 0. The molecule has 2 saturated heterocycles. The summed E-state index contributed by atoms with van der Waals surface area (Å²) in [6, 6.07) is 0. The standard InChI is InChI=1S/C17H31N3OS.HI/c1-18-16(19-13-15-5-10-21-11-6-15)20-9-12-22-17(14-20)7-3-2-4-8-17;/h15H,2-14H2,1H3,(H,18,19);1H. The molecule has 134 valence electrons. The molecule has 0 aromatic carbocycles. The Hall–Kier alpha value is 0.310. The number of guanidine groups is 1. The molecule has 1 spiro atoms. The largest absolute Gasteiger partial charge is 0.381 e. The molecule has 1 saturated carbocycles. The maximum Gasteiger partial charge on any atom is 0.193 e. The van der Waals surface area contributed by atoms with E-state index in [-0.39, 0.29) is 24.0 Å². The first-order chi connectivity index (χ1) is 10.8. The Morgan fingerprint density at radius 1 is 1.26 bits per heavy atom. The lowest BCUT2D eigenvalue weighted by atomic mass is 9.87. The molecule has 0 amide bonds. The van der Waals surface area contributed by atoms with Gasteiger partial charge in [0.05, 0.1) is 0 Å². The van der Waals surface area contributed by atoms with Gasteiger partial charge in [0.25, 0.3) is 0 Å². The molecular weight excluding hydrogens is 421 g/mol. The van der Waals surface area contributed by atoms with E-state index in [0.29, 0.717) is 4.75 Å². The average Bonchev–Trinajstić information content (AvgIpc) is 2.57. The Morgan fingerprint density at radius 3 is 2.70 bits per heavy atom. The van der Waals surface area contributed by atoms with E-state index in [2.05, 4.69) is 27.0 Å². The normalized spacial score (nSPS) is 26.0. The summed E-state index contributed by atoms with van der Waals surface area (Å²) < 4.78 is 5.96. The fourth-order valence-electron chi connectivity index (χ4n) is 4.04. The lowest BCUT2D eigenvalue weighted by Gasteiger charge is -2.45. The molecule has 1 aliphatic carbocycles. The van der Waals surface area contributed by atoms with Gasteiger partial charge in [-0.2, -0.15) is 11.8 Å². The van der Waals surface area contributed by atoms with Gasteiger partial charge >= 0.3 is 0 Å². The van der Waals surface area contributed by atoms with Gasteiger partial charge < -0.3 is 15.0 Å². The summed E-state index contributed by atoms with van der Waals surface area (Å²) in [5, 5.41) is 3.64. The van der Waals surface area contributed by atoms with Gasteiger partial charge in [-0.1, -0.05) is 19.3 Å². The van der Waals surface area contributed by atoms with E-state index >= 15 is 0 Å². The van der Waals surface area contributed by atoms with Crippen LogP contribution in [0, 0.1) is 5.92 Å². The van der Waals surface area contributed by atoms with Crippen LogP contribution < -0.4 is 5.32 Å². The zero-order chi connectivity index (χ0) is 15.3. The number of aliphatic imine (C=N–C) groups is 1. The van der Waals surface area contributed by atoms with E-state index in [1.54, 1.807) is 0 Å². The van der Waals surface area contributed by atoms with Gasteiger partial charge in [-0.25, -0.2) is 0 Å². The summed E-state index contributed by atoms with van der Waals surface area (Å²) in [7, 11) is 1.93. The highest BCUT2D eigenvalue weighted by molar-refractivity contribution is 14.0. The number of hydrogen-bond donors (Lipinski definition) is 1. The highest BCUT2D eigenvalue weighted by atomic mass is 127. The van der Waals surface area contributed by atoms with Crippen LogP contribution in [0.4, 0.5) is 0 Å². The summed E-state index contributed by atoms with van der Waals surface area (Å²) in [6.07, 6.45) is 9.41. The molecule has 2 heterocycles. The third kappa shape index (κ3) is 5.39. The van der Waals surface area contributed by atoms with E-state index in [1.807, 2.05) is 7.05 Å². The first-order valence-corrected chi connectivity index (χ1v) is 9.97. The second kappa shape index (κ2) is 9.70. The lowest BCUT2D eigenvalue weighted by molar-refractivity contribution is 0.0673. The van der Waals surface area contributed by atoms with Crippen molar-refractivity contribution < 1.29 is 4.74 Å². The van der Waals surface area contributed by atoms with Gasteiger partial charge in [0.15, 0.2) is 5.96 Å². The second-order valence-corrected chi connectivity index (χ2v) is 8.56. The summed E-state index contributed by atoms with van der Waals surface area (Å²) in [5.74, 6) is 3.11. The predicted molar refractivity (Wildman–Crippen MR) is 110 cm³/mol. The minimum atomic E-state index is 0. The van der Waals surface area contributed by atoms with Crippen molar-refractivity contribution in [2.24, 2.45) is 10.9 Å². The van der Waals surface area contributed by atoms with Crippen molar-refractivity contribution in [3.05, 3.63) is 0 Å². The number of hydrogen-bond acceptors (Lipinski definition) is 3. The van der Waals surface area contributed by atoms with Gasteiger partial charge in [-0.3, -0.25) is 4.99 Å². The van der Waals surface area contributed by atoms with Gasteiger partial charge in [-0.05, 0) is 31.6 Å². The predicted octanol–water partition coefficient (Wildman–Crippen LogP) is 3.36. The quantitative estimate of drug-likeness (QED) is 0.395. The van der Waals surface area contributed by atoms with Crippen molar-refractivity contribution in [3.8, 4) is 0 Å². The summed E-state index contributed by atoms with van der Waals surface area (Å²) in [6.45, 7) is 5.22. The Kier molecular flexibility index (Phi) is 8.28. The minimum Gasteiger partial charge on any atom is -0.381 e. The smallest absolute Gasteiger partial charge is 0.193 e. The van der Waals surface area contributed by atoms with Crippen LogP contribution in [0.15, 0.2) is 4.99 Å². The molecule has 3 fully saturated rings. The summed E-state index contributed by atoms with van der Waals surface area (Å²) in [4.78, 5) is 7.08. The van der Waals surface area contributed by atoms with Crippen molar-refractivity contribution in [3.63, 3.8) is 0 Å². The van der Waals surface area contributed by atoms with Crippen molar-refractivity contribution in [2.45, 2.75) is 49.7 Å². The van der Waals surface area contributed by atoms with Crippen molar-refractivity contribution >= 4 is 41.7 Å². The molecule has 0 atom stereocenters. The number of ether oxygens (including phenoxy) is 1. The van der Waals surface area contributed by atoms with E-state index in [9.17, 15) is 0 Å². The second-order valence-electron chi connectivity index (χ2n) is 7.00. The van der Waals surface area contributed by atoms with Crippen LogP contribution in [-0.2, 0) is 4.74 Å². The molecule has 3 rings (SSSR count). The number of halogens is 1. The average molecular weight is 453 g/mol. The van der Waals surface area contributed by atoms with Crippen molar-refractivity contribution in [2.75, 3.05) is 45.6 Å². The number of rotatable bonds is 2. The third-order valence-corrected chi connectivity index (χ3v) is 6.95. The van der Waals surface area contributed by atoms with Crippen LogP contribution in [0.5, 0.6) is 0 Å². The molecule has 0 aromatic rings. The Morgan fingerprint density at radius 2 is 2.00 bits per heavy atom. The zero-order valence-electron chi connectivity index (χ0n) is 14.4. The van der Waals surface area contributed by atoms with E-state index in [4.69, 9.17) is 4.74 Å². The Bertz CT molecular complexity index is 377. The van der Waals surface area contributed by atoms with Gasteiger partial charge in [0, 0.05) is 50.4 Å². The highest BCUT2D eigenvalue weighted by Crippen LogP contribution is 2.42. The molecule has 0 aromatic heterocycles. The first kappa shape index (κ1) is 19.6. The molecule has 0 bridgehead atoms. The van der Waals surface area contributed by atoms with E-state index in [1.165, 1.54) is 57.2 Å². The topological polar surface area (TPSA) is 36.9 Å². The maximum atomic E-state index is 5.45. The first-order valence-electron chi connectivity index (χ1n) is 8.99. The molecule has 0 unspecified atom stereocenters. The molecule has 2 aliphatic heterocycles. The molecule has 23 heavy (non-hydrogen) atoms. The van der Waals surface area contributed by atoms with Gasteiger partial charge in [-0.15, -0.1) is 24.0 Å². The van der Waals surface area contributed by atoms with Crippen LogP contribution in [0.2, 0.25) is 0 Å². The van der Waals surface area contributed by atoms with E-state index < -0.39 is 0 Å². The van der Waals surface area contributed by atoms with Crippen LogP contribution in [0.25, 0.3) is 0 Å². The van der Waals surface area contributed by atoms with Gasteiger partial charge in [0.1, 0.15) is 0 Å². The van der Waals surface area contributed by atoms with E-state index in [0.717, 1.165) is 38.2 Å². The zero-order valence-corrected chi connectivity index (χ0v) is 17.5. The van der Waals surface area contributed by atoms with Crippen molar-refractivity contribution in [1.82, 2.24) is 10.2 Å². The fourth-order valence-corrected chi connectivity index (χ4v) is 5.61. The fraction of sp³-hybridized carbons (Fsp3) is 0.941. The van der Waals surface area contributed by atoms with Crippen LogP contribution in [0.3, 0.4) is 0 Å². The lowest BCUT2D eigenvalue weighted by Crippen LogP contribution is -2.54. The molecule has 6 heteroatoms. The molecule has 3 aliphatic rings. The van der Waals surface area contributed by atoms with Crippen molar-refractivity contribution in [1.29, 1.82) is 0 Å². The minimum absolute atomic E-state index is 0. The highest BCUT2D eigenvalue weighted by Gasteiger charge is 2.38. The van der Waals surface area contributed by atoms with Gasteiger partial charge in [0.2, 0.25) is 0 Å². The molecule has 1 N–H and O–H groups in total. The maximum absolute atomic E-state index is 5.45. The molecule has 0 radical (unpaired) electrons. The Labute approximate surface area is 162 Å². The number of nitrogens with one attached hydrogen (secondary N) is 1. The van der Waals surface area contributed by atoms with Crippen LogP contribution >= 0.6 is 35.7 Å². The van der Waals surface area contributed by atoms with Crippen LogP contribution in [-0.4, -0.2) is 61.3 Å². The number of thioether (sulfide) groups is 1. The Balaban J connectivity index is 0.00000192. The molecule has 4 nitrogen and oxygen atoms in total. The summed E-state index contributed by atoms with van der Waals surface area (Å²) >= 11 is 2.22. The number of nitrogens with zero attached hydrogens (tertiary/aromatic N) is 2. The third-order valence-electron chi connectivity index (χ3n) is 5.41. The monoisotopic (exact) mass is 453 g/mol. The van der Waals surface area contributed by atoms with Crippen LogP contribution in [0.1, 0.15) is 44.9 Å². The molecular formula is C17H32IN3OS.